The van der Waals surface area contributed by atoms with Crippen molar-refractivity contribution < 1.29 is 22.7 Å². The highest BCUT2D eigenvalue weighted by molar-refractivity contribution is 5.78. The van der Waals surface area contributed by atoms with Crippen molar-refractivity contribution in [2.75, 3.05) is 0 Å². The third-order valence-corrected chi connectivity index (χ3v) is 7.72. The molecule has 2 nitrogen and oxygen atoms in total. The van der Waals surface area contributed by atoms with E-state index >= 15 is 0 Å². The standard InChI is InChI=1S/C19H29F3O2/c1-11(2)17(5,19(20,21)22)15(23)24-16(3,4)18-8-12-6-13(9-18)14(7-12)10-18/h11-14H,6-10H2,1-5H3. The van der Waals surface area contributed by atoms with Crippen LogP contribution >= 0.6 is 0 Å². The zero-order chi connectivity index (χ0) is 18.1. The van der Waals surface area contributed by atoms with E-state index in [4.69, 9.17) is 4.74 Å². The van der Waals surface area contributed by atoms with E-state index in [2.05, 4.69) is 0 Å². The Balaban J connectivity index is 1.83. The van der Waals surface area contributed by atoms with Gasteiger partial charge >= 0.3 is 12.1 Å². The lowest BCUT2D eigenvalue weighted by Gasteiger charge is -2.50. The number of rotatable bonds is 4. The summed E-state index contributed by atoms with van der Waals surface area (Å²) in [7, 11) is 0. The van der Waals surface area contributed by atoms with Gasteiger partial charge in [0.25, 0.3) is 0 Å². The smallest absolute Gasteiger partial charge is 0.404 e. The summed E-state index contributed by atoms with van der Waals surface area (Å²) in [4.78, 5) is 12.6. The van der Waals surface area contributed by atoms with E-state index in [1.54, 1.807) is 0 Å². The Morgan fingerprint density at radius 2 is 1.54 bits per heavy atom. The summed E-state index contributed by atoms with van der Waals surface area (Å²) in [6, 6.07) is 0. The van der Waals surface area contributed by atoms with Crippen LogP contribution < -0.4 is 0 Å². The lowest BCUT2D eigenvalue weighted by Crippen LogP contribution is -2.54. The summed E-state index contributed by atoms with van der Waals surface area (Å²) in [6.07, 6.45) is 0.882. The van der Waals surface area contributed by atoms with E-state index in [1.807, 2.05) is 13.8 Å². The molecule has 0 aromatic carbocycles. The molecule has 3 unspecified atom stereocenters. The van der Waals surface area contributed by atoms with Gasteiger partial charge in [0.1, 0.15) is 5.60 Å². The highest BCUT2D eigenvalue weighted by atomic mass is 19.4. The van der Waals surface area contributed by atoms with E-state index in [-0.39, 0.29) is 5.41 Å². The minimum Gasteiger partial charge on any atom is -0.458 e. The fourth-order valence-corrected chi connectivity index (χ4v) is 5.67. The number of halogens is 3. The topological polar surface area (TPSA) is 26.3 Å². The Hall–Kier alpha value is -0.740. The van der Waals surface area contributed by atoms with E-state index in [0.717, 1.165) is 26.2 Å². The fraction of sp³-hybridized carbons (Fsp3) is 0.947. The summed E-state index contributed by atoms with van der Waals surface area (Å²) in [5.41, 5.74) is -3.45. The van der Waals surface area contributed by atoms with Crippen LogP contribution in [0.5, 0.6) is 0 Å². The minimum absolute atomic E-state index is 0.136. The SMILES string of the molecule is CC(C)C(C)(C(=O)OC(C)(C)C12CC3CC(C1)C(C3)C2)C(F)(F)F. The first-order chi connectivity index (χ1) is 10.8. The van der Waals surface area contributed by atoms with Crippen molar-refractivity contribution in [3.8, 4) is 0 Å². The molecule has 4 rings (SSSR count). The highest BCUT2D eigenvalue weighted by Gasteiger charge is 2.65. The number of carbonyl (C=O) groups excluding carboxylic acids is 1. The molecule has 4 fully saturated rings. The van der Waals surface area contributed by atoms with Crippen LogP contribution in [0.1, 0.15) is 66.7 Å². The molecule has 0 saturated heterocycles. The third kappa shape index (κ3) is 2.33. The summed E-state index contributed by atoms with van der Waals surface area (Å²) >= 11 is 0. The van der Waals surface area contributed by atoms with Gasteiger partial charge in [-0.1, -0.05) is 13.8 Å². The van der Waals surface area contributed by atoms with Crippen molar-refractivity contribution in [2.45, 2.75) is 78.5 Å². The van der Waals surface area contributed by atoms with Gasteiger partial charge in [0, 0.05) is 5.41 Å². The summed E-state index contributed by atoms with van der Waals surface area (Å²) in [6.45, 7) is 7.50. The molecule has 24 heavy (non-hydrogen) atoms. The summed E-state index contributed by atoms with van der Waals surface area (Å²) < 4.78 is 46.4. The van der Waals surface area contributed by atoms with Crippen LogP contribution in [0.2, 0.25) is 0 Å². The molecule has 4 saturated carbocycles. The first kappa shape index (κ1) is 18.1. The molecule has 0 aliphatic heterocycles. The van der Waals surface area contributed by atoms with Gasteiger partial charge in [0.2, 0.25) is 0 Å². The Morgan fingerprint density at radius 3 is 1.92 bits per heavy atom. The van der Waals surface area contributed by atoms with Gasteiger partial charge in [-0.25, -0.2) is 0 Å². The van der Waals surface area contributed by atoms with Crippen molar-refractivity contribution in [3.63, 3.8) is 0 Å². The van der Waals surface area contributed by atoms with Crippen molar-refractivity contribution in [1.29, 1.82) is 0 Å². The molecule has 0 spiro atoms. The maximum absolute atomic E-state index is 13.6. The quantitative estimate of drug-likeness (QED) is 0.641. The zero-order valence-corrected chi connectivity index (χ0v) is 15.3. The lowest BCUT2D eigenvalue weighted by atomic mass is 9.61. The van der Waals surface area contributed by atoms with Crippen molar-refractivity contribution in [2.24, 2.45) is 34.5 Å². The Kier molecular flexibility index (Phi) is 3.87. The molecule has 0 heterocycles. The van der Waals surface area contributed by atoms with Gasteiger partial charge in [-0.3, -0.25) is 4.79 Å². The van der Waals surface area contributed by atoms with E-state index < -0.39 is 29.1 Å². The Labute approximate surface area is 142 Å². The van der Waals surface area contributed by atoms with Crippen LogP contribution in [0.25, 0.3) is 0 Å². The molecule has 4 aliphatic rings. The molecule has 0 radical (unpaired) electrons. The number of hydrogen-bond donors (Lipinski definition) is 0. The van der Waals surface area contributed by atoms with Crippen LogP contribution in [-0.4, -0.2) is 17.7 Å². The third-order valence-electron chi connectivity index (χ3n) is 7.72. The fourth-order valence-electron chi connectivity index (χ4n) is 5.67. The molecule has 4 aliphatic carbocycles. The van der Waals surface area contributed by atoms with Crippen LogP contribution in [0, 0.1) is 34.5 Å². The second-order valence-corrected chi connectivity index (χ2v) is 9.50. The largest absolute Gasteiger partial charge is 0.458 e. The first-order valence-corrected chi connectivity index (χ1v) is 9.12. The predicted octanol–water partition coefficient (Wildman–Crippen LogP) is 5.36. The van der Waals surface area contributed by atoms with Crippen molar-refractivity contribution in [3.05, 3.63) is 0 Å². The van der Waals surface area contributed by atoms with Gasteiger partial charge in [-0.2, -0.15) is 13.2 Å². The van der Waals surface area contributed by atoms with E-state index in [1.165, 1.54) is 26.7 Å². The average molecular weight is 346 g/mol. The minimum atomic E-state index is -4.61. The number of hydrogen-bond acceptors (Lipinski definition) is 2. The first-order valence-electron chi connectivity index (χ1n) is 9.12. The second-order valence-electron chi connectivity index (χ2n) is 9.50. The van der Waals surface area contributed by atoms with Gasteiger partial charge in [0.05, 0.1) is 0 Å². The maximum atomic E-state index is 13.6. The number of carbonyl (C=O) groups is 1. The number of esters is 1. The summed E-state index contributed by atoms with van der Waals surface area (Å²) in [5.74, 6) is 0.0442. The molecular formula is C19H29F3O2. The number of alkyl halides is 3. The molecule has 3 atom stereocenters. The number of ether oxygens (including phenoxy) is 1. The predicted molar refractivity (Wildman–Crippen MR) is 85.2 cm³/mol. The van der Waals surface area contributed by atoms with Crippen molar-refractivity contribution in [1.82, 2.24) is 0 Å². The summed E-state index contributed by atoms with van der Waals surface area (Å²) in [5, 5.41) is 0. The molecule has 0 aromatic heterocycles. The van der Waals surface area contributed by atoms with E-state index in [0.29, 0.717) is 17.8 Å². The Morgan fingerprint density at radius 1 is 1.04 bits per heavy atom. The van der Waals surface area contributed by atoms with Crippen LogP contribution in [0.3, 0.4) is 0 Å². The highest BCUT2D eigenvalue weighted by Crippen LogP contribution is 2.68. The van der Waals surface area contributed by atoms with E-state index in [9.17, 15) is 18.0 Å². The zero-order valence-electron chi connectivity index (χ0n) is 15.3. The molecular weight excluding hydrogens is 317 g/mol. The molecule has 4 bridgehead atoms. The molecule has 0 N–H and O–H groups in total. The van der Waals surface area contributed by atoms with Crippen molar-refractivity contribution >= 4 is 5.97 Å². The lowest BCUT2D eigenvalue weighted by molar-refractivity contribution is -0.253. The van der Waals surface area contributed by atoms with Gasteiger partial charge < -0.3 is 4.74 Å². The maximum Gasteiger partial charge on any atom is 0.404 e. The van der Waals surface area contributed by atoms with Gasteiger partial charge in [0.15, 0.2) is 5.41 Å². The Bertz CT molecular complexity index is 518. The molecule has 0 aromatic rings. The van der Waals surface area contributed by atoms with Crippen LogP contribution in [0.15, 0.2) is 0 Å². The normalized spacial score (nSPS) is 37.8. The second kappa shape index (κ2) is 5.14. The van der Waals surface area contributed by atoms with Crippen LogP contribution in [-0.2, 0) is 9.53 Å². The van der Waals surface area contributed by atoms with Crippen LogP contribution in [0.4, 0.5) is 13.2 Å². The monoisotopic (exact) mass is 346 g/mol. The molecule has 138 valence electrons. The molecule has 0 amide bonds. The molecule has 5 heteroatoms. The average Bonchev–Trinajstić information content (AvgIpc) is 2.83. The van der Waals surface area contributed by atoms with Gasteiger partial charge in [-0.15, -0.1) is 0 Å². The van der Waals surface area contributed by atoms with Gasteiger partial charge in [-0.05, 0) is 76.5 Å².